The van der Waals surface area contributed by atoms with Gasteiger partial charge in [0.25, 0.3) is 0 Å². The van der Waals surface area contributed by atoms with E-state index in [0.29, 0.717) is 12.8 Å². The van der Waals surface area contributed by atoms with Gasteiger partial charge in [0.2, 0.25) is 0 Å². The summed E-state index contributed by atoms with van der Waals surface area (Å²) >= 11 is 0. The fourth-order valence-electron chi connectivity index (χ4n) is 5.31. The van der Waals surface area contributed by atoms with Gasteiger partial charge in [-0.15, -0.1) is 0 Å². The third-order valence-corrected chi connectivity index (χ3v) is 8.01. The minimum Gasteiger partial charge on any atom is -0.479 e. The van der Waals surface area contributed by atoms with E-state index in [2.05, 4.69) is 26.0 Å². The topological polar surface area (TPSA) is 63.6 Å². The number of ether oxygens (including phenoxy) is 1. The summed E-state index contributed by atoms with van der Waals surface area (Å²) in [6.07, 6.45) is 38.1. The predicted octanol–water partition coefficient (Wildman–Crippen LogP) is 11.9. The van der Waals surface area contributed by atoms with Crippen LogP contribution >= 0.6 is 0 Å². The summed E-state index contributed by atoms with van der Waals surface area (Å²) in [5, 5.41) is 9.45. The Balaban J connectivity index is 3.57. The summed E-state index contributed by atoms with van der Waals surface area (Å²) in [7, 11) is 0. The Morgan fingerprint density at radius 3 is 1.27 bits per heavy atom. The molecule has 0 aromatic heterocycles. The van der Waals surface area contributed by atoms with E-state index in [4.69, 9.17) is 4.74 Å². The lowest BCUT2D eigenvalue weighted by Gasteiger charge is -2.13. The number of carboxylic acid groups (broad SMARTS) is 1. The molecule has 1 atom stereocenters. The Bertz CT molecular complexity index is 571. The van der Waals surface area contributed by atoms with E-state index in [9.17, 15) is 14.7 Å². The van der Waals surface area contributed by atoms with Crippen molar-refractivity contribution in [2.45, 2.75) is 206 Å². The molecule has 0 aliphatic rings. The van der Waals surface area contributed by atoms with E-state index >= 15 is 0 Å². The van der Waals surface area contributed by atoms with Gasteiger partial charge >= 0.3 is 11.9 Å². The Hall–Kier alpha value is -1.32. The van der Waals surface area contributed by atoms with Crippen molar-refractivity contribution >= 4 is 11.9 Å². The molecule has 1 N–H and O–H groups in total. The van der Waals surface area contributed by atoms with Gasteiger partial charge in [0.1, 0.15) is 0 Å². The summed E-state index contributed by atoms with van der Waals surface area (Å²) in [6.45, 7) is 4.52. The third kappa shape index (κ3) is 29.7. The summed E-state index contributed by atoms with van der Waals surface area (Å²) in [4.78, 5) is 23.7. The zero-order valence-corrected chi connectivity index (χ0v) is 26.9. The second-order valence-electron chi connectivity index (χ2n) is 12.0. The monoisotopic (exact) mass is 565 g/mol. The summed E-state index contributed by atoms with van der Waals surface area (Å²) in [5.41, 5.74) is 0. The Morgan fingerprint density at radius 1 is 0.525 bits per heavy atom. The number of aliphatic carboxylic acids is 1. The van der Waals surface area contributed by atoms with Gasteiger partial charge in [-0.1, -0.05) is 161 Å². The van der Waals surface area contributed by atoms with Gasteiger partial charge in [-0.25, -0.2) is 4.79 Å². The number of carboxylic acids is 1. The molecule has 0 radical (unpaired) electrons. The van der Waals surface area contributed by atoms with Crippen molar-refractivity contribution in [3.05, 3.63) is 12.2 Å². The van der Waals surface area contributed by atoms with Crippen molar-refractivity contribution in [2.75, 3.05) is 0 Å². The Morgan fingerprint density at radius 2 is 0.875 bits per heavy atom. The van der Waals surface area contributed by atoms with Crippen molar-refractivity contribution < 1.29 is 19.4 Å². The molecule has 40 heavy (non-hydrogen) atoms. The standard InChI is InChI=1S/C36H68O4/c1-3-5-7-9-11-13-15-17-19-21-23-25-27-29-31-33-35(37)40-34(36(38)39)32-30-28-26-24-22-20-18-16-14-12-10-8-6-4-2/h17,19,34H,3-16,18,20-33H2,1-2H3,(H,38,39)/b19-17-. The molecule has 4 nitrogen and oxygen atoms in total. The summed E-state index contributed by atoms with van der Waals surface area (Å²) < 4.78 is 5.30. The van der Waals surface area contributed by atoms with Gasteiger partial charge in [-0.3, -0.25) is 4.79 Å². The number of hydrogen-bond donors (Lipinski definition) is 1. The molecular weight excluding hydrogens is 496 g/mol. The lowest BCUT2D eigenvalue weighted by molar-refractivity contribution is -0.164. The van der Waals surface area contributed by atoms with Crippen LogP contribution in [0, 0.1) is 0 Å². The Labute approximate surface area is 249 Å². The van der Waals surface area contributed by atoms with E-state index < -0.39 is 12.1 Å². The smallest absolute Gasteiger partial charge is 0.345 e. The largest absolute Gasteiger partial charge is 0.479 e. The van der Waals surface area contributed by atoms with Crippen LogP contribution in [-0.4, -0.2) is 23.1 Å². The number of allylic oxidation sites excluding steroid dienone is 2. The number of esters is 1. The molecule has 0 aliphatic carbocycles. The number of unbranched alkanes of at least 4 members (excludes halogenated alkanes) is 24. The third-order valence-electron chi connectivity index (χ3n) is 8.01. The number of carbonyl (C=O) groups is 2. The minimum absolute atomic E-state index is 0.334. The van der Waals surface area contributed by atoms with Gasteiger partial charge in [0.05, 0.1) is 0 Å². The molecule has 0 amide bonds. The molecule has 0 saturated heterocycles. The normalized spacial score (nSPS) is 12.2. The second-order valence-corrected chi connectivity index (χ2v) is 12.0. The van der Waals surface area contributed by atoms with Crippen LogP contribution in [0.3, 0.4) is 0 Å². The van der Waals surface area contributed by atoms with Crippen LogP contribution in [0.2, 0.25) is 0 Å². The zero-order chi connectivity index (χ0) is 29.4. The summed E-state index contributed by atoms with van der Waals surface area (Å²) in [5.74, 6) is -1.36. The molecular formula is C36H68O4. The predicted molar refractivity (Wildman–Crippen MR) is 172 cm³/mol. The second kappa shape index (κ2) is 32.2. The molecule has 0 fully saturated rings. The highest BCUT2D eigenvalue weighted by molar-refractivity contribution is 5.77. The fraction of sp³-hybridized carbons (Fsp3) is 0.889. The molecule has 0 rings (SSSR count). The van der Waals surface area contributed by atoms with Gasteiger partial charge in [0, 0.05) is 6.42 Å². The molecule has 0 bridgehead atoms. The van der Waals surface area contributed by atoms with Crippen LogP contribution in [0.1, 0.15) is 200 Å². The zero-order valence-electron chi connectivity index (χ0n) is 26.9. The van der Waals surface area contributed by atoms with Crippen molar-refractivity contribution in [1.82, 2.24) is 0 Å². The molecule has 0 saturated carbocycles. The van der Waals surface area contributed by atoms with Crippen LogP contribution in [0.4, 0.5) is 0 Å². The first kappa shape index (κ1) is 38.7. The highest BCUT2D eigenvalue weighted by atomic mass is 16.6. The van der Waals surface area contributed by atoms with Crippen molar-refractivity contribution in [3.63, 3.8) is 0 Å². The van der Waals surface area contributed by atoms with E-state index in [1.807, 2.05) is 0 Å². The van der Waals surface area contributed by atoms with Crippen molar-refractivity contribution in [3.8, 4) is 0 Å². The van der Waals surface area contributed by atoms with Crippen LogP contribution in [0.5, 0.6) is 0 Å². The van der Waals surface area contributed by atoms with Crippen molar-refractivity contribution in [2.24, 2.45) is 0 Å². The molecule has 0 heterocycles. The maximum atomic E-state index is 12.1. The molecule has 0 aliphatic heterocycles. The minimum atomic E-state index is -1.01. The highest BCUT2D eigenvalue weighted by Gasteiger charge is 2.21. The molecule has 0 aromatic carbocycles. The summed E-state index contributed by atoms with van der Waals surface area (Å²) in [6, 6.07) is 0. The first-order chi connectivity index (χ1) is 19.6. The molecule has 1 unspecified atom stereocenters. The van der Waals surface area contributed by atoms with Crippen LogP contribution in [0.15, 0.2) is 12.2 Å². The average Bonchev–Trinajstić information content (AvgIpc) is 2.94. The lowest BCUT2D eigenvalue weighted by atomic mass is 10.0. The van der Waals surface area contributed by atoms with E-state index in [0.717, 1.165) is 44.9 Å². The SMILES string of the molecule is CCCCCCCC/C=C\CCCCCCCC(=O)OC(CCCCCCCCCCCCCCCC)C(=O)O. The van der Waals surface area contributed by atoms with E-state index in [1.165, 1.54) is 128 Å². The lowest BCUT2D eigenvalue weighted by Crippen LogP contribution is -2.27. The number of carbonyl (C=O) groups excluding carboxylic acids is 1. The first-order valence-electron chi connectivity index (χ1n) is 17.7. The van der Waals surface area contributed by atoms with E-state index in [1.54, 1.807) is 0 Å². The van der Waals surface area contributed by atoms with E-state index in [-0.39, 0.29) is 5.97 Å². The maximum absolute atomic E-state index is 12.1. The molecule has 0 spiro atoms. The van der Waals surface area contributed by atoms with Gasteiger partial charge < -0.3 is 9.84 Å². The number of rotatable bonds is 32. The fourth-order valence-corrected chi connectivity index (χ4v) is 5.31. The van der Waals surface area contributed by atoms with Gasteiger partial charge in [0.15, 0.2) is 6.10 Å². The van der Waals surface area contributed by atoms with Gasteiger partial charge in [-0.05, 0) is 44.9 Å². The average molecular weight is 565 g/mol. The van der Waals surface area contributed by atoms with Crippen LogP contribution in [-0.2, 0) is 14.3 Å². The Kier molecular flexibility index (Phi) is 31.1. The molecule has 236 valence electrons. The first-order valence-corrected chi connectivity index (χ1v) is 17.7. The van der Waals surface area contributed by atoms with Gasteiger partial charge in [-0.2, -0.15) is 0 Å². The quantitative estimate of drug-likeness (QED) is 0.0501. The molecule has 0 aromatic rings. The van der Waals surface area contributed by atoms with Crippen LogP contribution < -0.4 is 0 Å². The number of hydrogen-bond acceptors (Lipinski definition) is 3. The van der Waals surface area contributed by atoms with Crippen LogP contribution in [0.25, 0.3) is 0 Å². The highest BCUT2D eigenvalue weighted by Crippen LogP contribution is 2.16. The van der Waals surface area contributed by atoms with Crippen molar-refractivity contribution in [1.29, 1.82) is 0 Å². The molecule has 4 heteroatoms. The maximum Gasteiger partial charge on any atom is 0.345 e.